The number of thioether (sulfide) groups is 1. The van der Waals surface area contributed by atoms with Crippen LogP contribution >= 0.6 is 24.4 Å². The Bertz CT molecular complexity index is 140. The summed E-state index contributed by atoms with van der Waals surface area (Å²) < 4.78 is 0. The van der Waals surface area contributed by atoms with Crippen molar-refractivity contribution in [2.24, 2.45) is 5.41 Å². The Morgan fingerprint density at radius 2 is 2.15 bits per heavy atom. The molecule has 0 unspecified atom stereocenters. The molecule has 13 heavy (non-hydrogen) atoms. The van der Waals surface area contributed by atoms with E-state index in [0.717, 1.165) is 5.75 Å². The summed E-state index contributed by atoms with van der Waals surface area (Å²) in [6.07, 6.45) is 6.36. The topological polar surface area (TPSA) is 3.24 Å². The van der Waals surface area contributed by atoms with Gasteiger partial charge in [0.05, 0.1) is 0 Å². The highest BCUT2D eigenvalue weighted by Crippen LogP contribution is 2.42. The van der Waals surface area contributed by atoms with Gasteiger partial charge in [0.2, 0.25) is 0 Å². The lowest BCUT2D eigenvalue weighted by atomic mass is 9.70. The molecule has 0 aromatic carbocycles. The maximum absolute atomic E-state index is 4.47. The van der Waals surface area contributed by atoms with Gasteiger partial charge in [0, 0.05) is 18.8 Å². The van der Waals surface area contributed by atoms with Crippen LogP contribution in [-0.4, -0.2) is 42.8 Å². The van der Waals surface area contributed by atoms with Crippen LogP contribution in [0.3, 0.4) is 0 Å². The minimum Gasteiger partial charge on any atom is -0.305 e. The van der Waals surface area contributed by atoms with E-state index in [2.05, 4.69) is 30.8 Å². The first-order valence-corrected chi connectivity index (χ1v) is 7.03. The van der Waals surface area contributed by atoms with Crippen LogP contribution in [0.4, 0.5) is 0 Å². The summed E-state index contributed by atoms with van der Waals surface area (Å²) in [5.74, 6) is 2.32. The summed E-state index contributed by atoms with van der Waals surface area (Å²) in [6, 6.07) is 0. The van der Waals surface area contributed by atoms with Gasteiger partial charge in [-0.25, -0.2) is 0 Å². The SMILES string of the molecule is CSCCN(C)CC1(CS)CCC1. The van der Waals surface area contributed by atoms with Crippen molar-refractivity contribution in [3.05, 3.63) is 0 Å². The van der Waals surface area contributed by atoms with Gasteiger partial charge in [-0.2, -0.15) is 24.4 Å². The Morgan fingerprint density at radius 1 is 1.46 bits per heavy atom. The molecule has 0 saturated heterocycles. The van der Waals surface area contributed by atoms with Crippen molar-refractivity contribution < 1.29 is 0 Å². The van der Waals surface area contributed by atoms with E-state index in [9.17, 15) is 0 Å². The van der Waals surface area contributed by atoms with Crippen molar-refractivity contribution in [2.45, 2.75) is 19.3 Å². The minimum atomic E-state index is 0.566. The Morgan fingerprint density at radius 3 is 2.54 bits per heavy atom. The second-order valence-electron chi connectivity index (χ2n) is 4.24. The van der Waals surface area contributed by atoms with E-state index in [1.165, 1.54) is 38.1 Å². The van der Waals surface area contributed by atoms with E-state index in [-0.39, 0.29) is 0 Å². The second-order valence-corrected chi connectivity index (χ2v) is 5.54. The molecule has 0 atom stereocenters. The molecule has 1 aliphatic rings. The number of hydrogen-bond donors (Lipinski definition) is 1. The first-order valence-electron chi connectivity index (χ1n) is 5.01. The fraction of sp³-hybridized carbons (Fsp3) is 1.00. The lowest BCUT2D eigenvalue weighted by molar-refractivity contribution is 0.108. The summed E-state index contributed by atoms with van der Waals surface area (Å²) in [6.45, 7) is 2.47. The smallest absolute Gasteiger partial charge is 0.00694 e. The highest BCUT2D eigenvalue weighted by atomic mass is 32.2. The largest absolute Gasteiger partial charge is 0.305 e. The fourth-order valence-corrected chi connectivity index (χ4v) is 2.85. The van der Waals surface area contributed by atoms with Gasteiger partial charge in [-0.15, -0.1) is 0 Å². The number of nitrogens with zero attached hydrogens (tertiary/aromatic N) is 1. The molecule has 1 fully saturated rings. The van der Waals surface area contributed by atoms with E-state index < -0.39 is 0 Å². The van der Waals surface area contributed by atoms with Crippen LogP contribution in [0.5, 0.6) is 0 Å². The van der Waals surface area contributed by atoms with Crippen molar-refractivity contribution in [1.29, 1.82) is 0 Å². The monoisotopic (exact) mass is 219 g/mol. The highest BCUT2D eigenvalue weighted by molar-refractivity contribution is 7.98. The van der Waals surface area contributed by atoms with Crippen LogP contribution in [0.1, 0.15) is 19.3 Å². The quantitative estimate of drug-likeness (QED) is 0.683. The average Bonchev–Trinajstić information content (AvgIpc) is 2.08. The van der Waals surface area contributed by atoms with E-state index >= 15 is 0 Å². The Kier molecular flexibility index (Phi) is 4.98. The lowest BCUT2D eigenvalue weighted by Crippen LogP contribution is -2.42. The zero-order chi connectivity index (χ0) is 9.73. The first-order chi connectivity index (χ1) is 6.22. The fourth-order valence-electron chi connectivity index (χ4n) is 1.94. The van der Waals surface area contributed by atoms with Crippen LogP contribution in [0.2, 0.25) is 0 Å². The van der Waals surface area contributed by atoms with Gasteiger partial charge in [0.25, 0.3) is 0 Å². The average molecular weight is 219 g/mol. The summed E-state index contributed by atoms with van der Waals surface area (Å²) >= 11 is 6.39. The van der Waals surface area contributed by atoms with E-state index in [1.807, 2.05) is 11.8 Å². The molecule has 1 saturated carbocycles. The molecule has 0 spiro atoms. The van der Waals surface area contributed by atoms with Crippen LogP contribution in [0, 0.1) is 5.41 Å². The van der Waals surface area contributed by atoms with Gasteiger partial charge in [-0.3, -0.25) is 0 Å². The predicted molar refractivity (Wildman–Crippen MR) is 66.0 cm³/mol. The summed E-state index contributed by atoms with van der Waals surface area (Å²) in [4.78, 5) is 2.46. The van der Waals surface area contributed by atoms with Crippen LogP contribution in [0.15, 0.2) is 0 Å². The van der Waals surface area contributed by atoms with Crippen molar-refractivity contribution in [1.82, 2.24) is 4.90 Å². The van der Waals surface area contributed by atoms with Crippen molar-refractivity contribution >= 4 is 24.4 Å². The molecule has 1 nitrogen and oxygen atoms in total. The molecule has 3 heteroatoms. The zero-order valence-corrected chi connectivity index (χ0v) is 10.5. The molecule has 78 valence electrons. The predicted octanol–water partition coefficient (Wildman–Crippen LogP) is 2.38. The first kappa shape index (κ1) is 11.7. The Balaban J connectivity index is 2.21. The molecule has 0 aromatic rings. The summed E-state index contributed by atoms with van der Waals surface area (Å²) in [7, 11) is 2.24. The molecule has 1 rings (SSSR count). The highest BCUT2D eigenvalue weighted by Gasteiger charge is 2.36. The third-order valence-corrected chi connectivity index (χ3v) is 4.29. The van der Waals surface area contributed by atoms with Gasteiger partial charge in [0.15, 0.2) is 0 Å². The normalized spacial score (nSPS) is 20.3. The number of thiol groups is 1. The van der Waals surface area contributed by atoms with Gasteiger partial charge in [-0.05, 0) is 37.3 Å². The van der Waals surface area contributed by atoms with Gasteiger partial charge >= 0.3 is 0 Å². The Hall–Kier alpha value is 0.660. The van der Waals surface area contributed by atoms with Gasteiger partial charge in [0.1, 0.15) is 0 Å². The summed E-state index contributed by atoms with van der Waals surface area (Å²) in [5, 5.41) is 0. The van der Waals surface area contributed by atoms with E-state index in [4.69, 9.17) is 0 Å². The maximum Gasteiger partial charge on any atom is 0.00694 e. The van der Waals surface area contributed by atoms with Crippen LogP contribution in [0.25, 0.3) is 0 Å². The molecule has 0 heterocycles. The third-order valence-electron chi connectivity index (χ3n) is 3.03. The van der Waals surface area contributed by atoms with Gasteiger partial charge < -0.3 is 4.90 Å². The van der Waals surface area contributed by atoms with E-state index in [1.54, 1.807) is 0 Å². The third kappa shape index (κ3) is 3.37. The van der Waals surface area contributed by atoms with Crippen LogP contribution < -0.4 is 0 Å². The summed E-state index contributed by atoms with van der Waals surface area (Å²) in [5.41, 5.74) is 0.566. The zero-order valence-electron chi connectivity index (χ0n) is 8.75. The molecule has 0 radical (unpaired) electrons. The van der Waals surface area contributed by atoms with Crippen molar-refractivity contribution in [2.75, 3.05) is 37.9 Å². The minimum absolute atomic E-state index is 0.566. The van der Waals surface area contributed by atoms with Crippen molar-refractivity contribution in [3.8, 4) is 0 Å². The van der Waals surface area contributed by atoms with Crippen LogP contribution in [-0.2, 0) is 0 Å². The number of hydrogen-bond acceptors (Lipinski definition) is 3. The molecule has 1 aliphatic carbocycles. The molecular formula is C10H21NS2. The molecule has 0 aromatic heterocycles. The van der Waals surface area contributed by atoms with Crippen molar-refractivity contribution in [3.63, 3.8) is 0 Å². The molecule has 0 aliphatic heterocycles. The Labute approximate surface area is 92.1 Å². The van der Waals surface area contributed by atoms with E-state index in [0.29, 0.717) is 5.41 Å². The maximum atomic E-state index is 4.47. The molecule has 0 bridgehead atoms. The van der Waals surface area contributed by atoms with Gasteiger partial charge in [-0.1, -0.05) is 6.42 Å². The standard InChI is InChI=1S/C10H21NS2/c1-11(6-7-13-2)8-10(9-12)4-3-5-10/h12H,3-9H2,1-2H3. The second kappa shape index (κ2) is 5.52. The molecule has 0 amide bonds. The molecule has 0 N–H and O–H groups in total. The number of rotatable bonds is 6. The lowest BCUT2D eigenvalue weighted by Gasteiger charge is -2.43. The molecular weight excluding hydrogens is 198 g/mol.